The summed E-state index contributed by atoms with van der Waals surface area (Å²) < 4.78 is 0. The number of amidine groups is 1. The lowest BCUT2D eigenvalue weighted by Crippen LogP contribution is -2.70. The molecule has 0 saturated heterocycles. The first kappa shape index (κ1) is 16.4. The molecular weight excluding hydrogens is 270 g/mol. The molecule has 0 aromatic carbocycles. The number of hydrazine groups is 2. The molecule has 10 N–H and O–H groups in total. The van der Waals surface area contributed by atoms with Crippen LogP contribution in [0.15, 0.2) is 4.99 Å². The van der Waals surface area contributed by atoms with Gasteiger partial charge in [0.05, 0.1) is 0 Å². The predicted octanol–water partition coefficient (Wildman–Crippen LogP) is -3.42. The fourth-order valence-corrected chi connectivity index (χ4v) is 2.07. The number of nitrogens with one attached hydrogen (secondary N) is 1. The van der Waals surface area contributed by atoms with Crippen LogP contribution in [0.5, 0.6) is 0 Å². The molecule has 0 aromatic rings. The topological polar surface area (TPSA) is 170 Å². The molecule has 11 heteroatoms. The summed E-state index contributed by atoms with van der Waals surface area (Å²) in [6, 6.07) is 0. The molecule has 1 aliphatic rings. The van der Waals surface area contributed by atoms with Crippen LogP contribution in [0.2, 0.25) is 5.54 Å². The Morgan fingerprint density at radius 1 is 1.42 bits per heavy atom. The van der Waals surface area contributed by atoms with Gasteiger partial charge >= 0.3 is 8.80 Å². The summed E-state index contributed by atoms with van der Waals surface area (Å²) in [5, 5.41) is 5.39. The smallest absolute Gasteiger partial charge is 0.390 e. The predicted molar refractivity (Wildman–Crippen MR) is 71.4 cm³/mol. The molecule has 0 aliphatic carbocycles. The lowest BCUT2D eigenvalue weighted by Gasteiger charge is -2.41. The van der Waals surface area contributed by atoms with E-state index in [4.69, 9.17) is 17.4 Å². The molecule has 0 saturated carbocycles. The van der Waals surface area contributed by atoms with Crippen LogP contribution in [-0.2, 0) is 0 Å². The average Bonchev–Trinajstić information content (AvgIpc) is 2.31. The molecule has 0 radical (unpaired) electrons. The van der Waals surface area contributed by atoms with Crippen LogP contribution >= 0.6 is 0 Å². The quantitative estimate of drug-likeness (QED) is 0.201. The van der Waals surface area contributed by atoms with Gasteiger partial charge in [0, 0.05) is 12.0 Å². The molecule has 0 fully saturated rings. The Hall–Kier alpha value is -0.633. The van der Waals surface area contributed by atoms with Gasteiger partial charge in [-0.1, -0.05) is 13.8 Å². The highest BCUT2D eigenvalue weighted by molar-refractivity contribution is 6.58. The number of hydrogen-bond acceptors (Lipinski definition) is 10. The molecule has 10 nitrogen and oxygen atoms in total. The van der Waals surface area contributed by atoms with Crippen LogP contribution in [0.25, 0.3) is 0 Å². The maximum Gasteiger partial charge on any atom is 0.496 e. The molecule has 19 heavy (non-hydrogen) atoms. The molecule has 0 spiro atoms. The van der Waals surface area contributed by atoms with Gasteiger partial charge in [-0.05, 0) is 6.54 Å². The third-order valence-corrected chi connectivity index (χ3v) is 4.51. The Morgan fingerprint density at radius 3 is 2.47 bits per heavy atom. The van der Waals surface area contributed by atoms with Gasteiger partial charge in [0.2, 0.25) is 0 Å². The van der Waals surface area contributed by atoms with E-state index in [1.807, 2.05) is 6.92 Å². The minimum absolute atomic E-state index is 0.0929. The van der Waals surface area contributed by atoms with E-state index in [-0.39, 0.29) is 6.42 Å². The highest BCUT2D eigenvalue weighted by atomic mass is 28.4. The fourth-order valence-electron chi connectivity index (χ4n) is 1.62. The van der Waals surface area contributed by atoms with Crippen molar-refractivity contribution in [1.29, 1.82) is 0 Å². The zero-order valence-corrected chi connectivity index (χ0v) is 12.1. The molecule has 1 heterocycles. The van der Waals surface area contributed by atoms with Crippen molar-refractivity contribution in [2.75, 3.05) is 6.54 Å². The molecule has 0 amide bonds. The number of nitrogens with two attached hydrogens (primary N) is 3. The van der Waals surface area contributed by atoms with E-state index in [0.29, 0.717) is 12.4 Å². The Morgan fingerprint density at radius 2 is 2.00 bits per heavy atom. The van der Waals surface area contributed by atoms with E-state index in [9.17, 15) is 14.4 Å². The zero-order chi connectivity index (χ0) is 14.8. The number of hydrogen-bond donors (Lipinski definition) is 7. The minimum atomic E-state index is -4.22. The number of nitrogens with zero attached hydrogens (tertiary/aromatic N) is 3. The van der Waals surface area contributed by atoms with E-state index in [1.165, 1.54) is 11.9 Å². The minimum Gasteiger partial charge on any atom is -0.390 e. The van der Waals surface area contributed by atoms with Gasteiger partial charge in [-0.25, -0.2) is 10.8 Å². The van der Waals surface area contributed by atoms with Gasteiger partial charge < -0.3 is 14.4 Å². The summed E-state index contributed by atoms with van der Waals surface area (Å²) in [5.74, 6) is 11.9. The molecule has 1 aliphatic heterocycles. The van der Waals surface area contributed by atoms with Gasteiger partial charge in [-0.3, -0.25) is 21.9 Å². The molecule has 0 bridgehead atoms. The van der Waals surface area contributed by atoms with Crippen molar-refractivity contribution in [3.05, 3.63) is 0 Å². The van der Waals surface area contributed by atoms with Gasteiger partial charge in [0.1, 0.15) is 5.84 Å². The standard InChI is InChI=1S/C8H23N7O3Si/c1-3-12-8-13-6(4-5(2)19(16,17)18)14(10)7(9)15(8)11/h5,7-8,12,16-18H,3-4,9-11H2,1-2H3. The van der Waals surface area contributed by atoms with Crippen LogP contribution in [-0.4, -0.2) is 58.2 Å². The number of aliphatic imine (C=N–C) groups is 1. The second-order valence-corrected chi connectivity index (χ2v) is 6.90. The van der Waals surface area contributed by atoms with Crippen LogP contribution in [0.3, 0.4) is 0 Å². The van der Waals surface area contributed by atoms with E-state index in [1.54, 1.807) is 0 Å². The second kappa shape index (κ2) is 6.21. The maximum absolute atomic E-state index is 9.24. The van der Waals surface area contributed by atoms with Crippen LogP contribution in [0, 0.1) is 0 Å². The summed E-state index contributed by atoms with van der Waals surface area (Å²) in [4.78, 5) is 32.0. The molecule has 0 aromatic heterocycles. The average molecular weight is 293 g/mol. The Kier molecular flexibility index (Phi) is 5.37. The van der Waals surface area contributed by atoms with E-state index in [0.717, 1.165) is 5.01 Å². The summed E-state index contributed by atoms with van der Waals surface area (Å²) in [6.07, 6.45) is -1.25. The summed E-state index contributed by atoms with van der Waals surface area (Å²) in [7, 11) is -4.22. The lowest BCUT2D eigenvalue weighted by molar-refractivity contribution is 0.0233. The normalized spacial score (nSPS) is 27.4. The van der Waals surface area contributed by atoms with Crippen molar-refractivity contribution in [3.8, 4) is 0 Å². The Bertz CT molecular complexity index is 337. The van der Waals surface area contributed by atoms with E-state index >= 15 is 0 Å². The van der Waals surface area contributed by atoms with Crippen LogP contribution < -0.4 is 22.7 Å². The SMILES string of the molecule is CCNC1N=C(CC(C)[Si](O)(O)O)N(N)C(N)N1N. The molecule has 112 valence electrons. The Labute approximate surface area is 112 Å². The third kappa shape index (κ3) is 3.91. The van der Waals surface area contributed by atoms with Crippen molar-refractivity contribution in [3.63, 3.8) is 0 Å². The molecule has 3 unspecified atom stereocenters. The monoisotopic (exact) mass is 293 g/mol. The largest absolute Gasteiger partial charge is 0.496 e. The molecule has 3 atom stereocenters. The fraction of sp³-hybridized carbons (Fsp3) is 0.875. The van der Waals surface area contributed by atoms with E-state index < -0.39 is 26.9 Å². The van der Waals surface area contributed by atoms with Gasteiger partial charge in [-0.15, -0.1) is 0 Å². The van der Waals surface area contributed by atoms with Crippen LogP contribution in [0.4, 0.5) is 0 Å². The van der Waals surface area contributed by atoms with Gasteiger partial charge in [-0.2, -0.15) is 5.01 Å². The van der Waals surface area contributed by atoms with Crippen LogP contribution in [0.1, 0.15) is 20.3 Å². The zero-order valence-electron chi connectivity index (χ0n) is 11.1. The number of rotatable bonds is 5. The van der Waals surface area contributed by atoms with Crippen molar-refractivity contribution in [2.24, 2.45) is 22.4 Å². The first-order chi connectivity index (χ1) is 8.68. The molecule has 1 rings (SSSR count). The van der Waals surface area contributed by atoms with Crippen molar-refractivity contribution in [2.45, 2.75) is 38.4 Å². The summed E-state index contributed by atoms with van der Waals surface area (Å²) >= 11 is 0. The maximum atomic E-state index is 9.24. The van der Waals surface area contributed by atoms with Gasteiger partial charge in [0.25, 0.3) is 0 Å². The summed E-state index contributed by atoms with van der Waals surface area (Å²) in [6.45, 7) is 4.02. The Balaban J connectivity index is 2.87. The molecular formula is C8H23N7O3Si. The second-order valence-electron chi connectivity index (χ2n) is 4.54. The van der Waals surface area contributed by atoms with Gasteiger partial charge in [0.15, 0.2) is 12.6 Å². The van der Waals surface area contributed by atoms with Crippen molar-refractivity contribution >= 4 is 14.6 Å². The first-order valence-corrected chi connectivity index (χ1v) is 7.90. The first-order valence-electron chi connectivity index (χ1n) is 5.98. The van der Waals surface area contributed by atoms with Crippen molar-refractivity contribution < 1.29 is 14.4 Å². The highest BCUT2D eigenvalue weighted by Gasteiger charge is 2.39. The third-order valence-electron chi connectivity index (χ3n) is 2.98. The highest BCUT2D eigenvalue weighted by Crippen LogP contribution is 2.21. The summed E-state index contributed by atoms with van der Waals surface area (Å²) in [5.41, 5.74) is 5.07. The van der Waals surface area contributed by atoms with Crippen molar-refractivity contribution in [1.82, 2.24) is 15.3 Å². The van der Waals surface area contributed by atoms with E-state index in [2.05, 4.69) is 10.3 Å². The lowest BCUT2D eigenvalue weighted by atomic mass is 10.3.